The molecule has 1 saturated heterocycles. The summed E-state index contributed by atoms with van der Waals surface area (Å²) in [6.45, 7) is 4.25. The Morgan fingerprint density at radius 2 is 1.93 bits per heavy atom. The largest absolute Gasteiger partial charge is 0.462 e. The van der Waals surface area contributed by atoms with Crippen molar-refractivity contribution in [1.29, 1.82) is 0 Å². The number of alkyl halides is 3. The van der Waals surface area contributed by atoms with Crippen molar-refractivity contribution in [3.63, 3.8) is 0 Å². The first kappa shape index (κ1) is 22.4. The van der Waals surface area contributed by atoms with Gasteiger partial charge in [0.15, 0.2) is 0 Å². The quantitative estimate of drug-likeness (QED) is 0.687. The van der Waals surface area contributed by atoms with Gasteiger partial charge in [-0.05, 0) is 44.7 Å². The van der Waals surface area contributed by atoms with Crippen molar-refractivity contribution < 1.29 is 27.5 Å². The maximum Gasteiger partial charge on any atom is 0.391 e. The van der Waals surface area contributed by atoms with Gasteiger partial charge >= 0.3 is 12.1 Å². The van der Waals surface area contributed by atoms with Gasteiger partial charge in [-0.2, -0.15) is 13.2 Å². The van der Waals surface area contributed by atoms with Gasteiger partial charge in [-0.1, -0.05) is 6.42 Å². The van der Waals surface area contributed by atoms with Crippen molar-refractivity contribution >= 4 is 17.7 Å². The van der Waals surface area contributed by atoms with Gasteiger partial charge in [0.1, 0.15) is 5.82 Å². The highest BCUT2D eigenvalue weighted by Gasteiger charge is 2.44. The van der Waals surface area contributed by atoms with Crippen LogP contribution in [-0.4, -0.2) is 60.7 Å². The summed E-state index contributed by atoms with van der Waals surface area (Å²) in [7, 11) is 0. The van der Waals surface area contributed by atoms with Gasteiger partial charge in [0.05, 0.1) is 18.1 Å². The number of carbonyl (C=O) groups is 2. The lowest BCUT2D eigenvalue weighted by Crippen LogP contribution is -2.42. The van der Waals surface area contributed by atoms with Crippen molar-refractivity contribution in [2.24, 2.45) is 11.8 Å². The molecule has 3 rings (SSSR count). The van der Waals surface area contributed by atoms with Gasteiger partial charge in [0.25, 0.3) is 0 Å². The predicted octanol–water partition coefficient (Wildman–Crippen LogP) is 3.67. The smallest absolute Gasteiger partial charge is 0.391 e. The summed E-state index contributed by atoms with van der Waals surface area (Å²) in [6.07, 6.45) is -1.05. The van der Waals surface area contributed by atoms with Crippen LogP contribution in [-0.2, 0) is 9.53 Å². The number of hydrogen-bond donors (Lipinski definition) is 0. The average Bonchev–Trinajstić information content (AvgIpc) is 2.99. The van der Waals surface area contributed by atoms with E-state index >= 15 is 0 Å². The second-order valence-electron chi connectivity index (χ2n) is 7.89. The molecule has 2 unspecified atom stereocenters. The Balaban J connectivity index is 1.58. The number of pyridine rings is 1. The molecule has 1 saturated carbocycles. The van der Waals surface area contributed by atoms with E-state index in [1.165, 1.54) is 6.20 Å². The van der Waals surface area contributed by atoms with E-state index in [2.05, 4.69) is 4.98 Å². The maximum atomic E-state index is 13.1. The first-order valence-corrected chi connectivity index (χ1v) is 10.5. The summed E-state index contributed by atoms with van der Waals surface area (Å²) in [6, 6.07) is 3.41. The number of carbonyl (C=O) groups excluding carboxylic acids is 2. The van der Waals surface area contributed by atoms with Crippen LogP contribution in [0.3, 0.4) is 0 Å². The zero-order chi connectivity index (χ0) is 21.7. The van der Waals surface area contributed by atoms with E-state index in [0.717, 1.165) is 0 Å². The topological polar surface area (TPSA) is 62.7 Å². The molecule has 1 aromatic heterocycles. The molecule has 0 spiro atoms. The molecular weight excluding hydrogens is 399 g/mol. The van der Waals surface area contributed by atoms with E-state index in [1.807, 2.05) is 4.90 Å². The van der Waals surface area contributed by atoms with Crippen molar-refractivity contribution in [2.75, 3.05) is 37.7 Å². The fourth-order valence-electron chi connectivity index (χ4n) is 4.24. The maximum absolute atomic E-state index is 13.1. The molecule has 1 aromatic rings. The third kappa shape index (κ3) is 5.43. The minimum atomic E-state index is -4.23. The SMILES string of the molecule is CCOC(=O)c1ccc(N2CCCN(C(=O)C3CCCC(C(F)(F)F)C3)CC2)nc1. The van der Waals surface area contributed by atoms with Crippen molar-refractivity contribution in [3.05, 3.63) is 23.9 Å². The molecule has 2 fully saturated rings. The Kier molecular flexibility index (Phi) is 7.20. The molecule has 1 aliphatic carbocycles. The van der Waals surface area contributed by atoms with Crippen LogP contribution >= 0.6 is 0 Å². The number of hydrogen-bond acceptors (Lipinski definition) is 5. The molecule has 2 atom stereocenters. The van der Waals surface area contributed by atoms with Gasteiger partial charge in [-0.3, -0.25) is 4.79 Å². The second kappa shape index (κ2) is 9.66. The number of anilines is 1. The minimum Gasteiger partial charge on any atom is -0.462 e. The Labute approximate surface area is 174 Å². The third-order valence-electron chi connectivity index (χ3n) is 5.88. The molecule has 2 heterocycles. The summed E-state index contributed by atoms with van der Waals surface area (Å²) in [5.74, 6) is -1.79. The monoisotopic (exact) mass is 427 g/mol. The molecule has 1 aliphatic heterocycles. The van der Waals surface area contributed by atoms with Gasteiger partial charge in [0, 0.05) is 38.3 Å². The summed E-state index contributed by atoms with van der Waals surface area (Å²) in [5.41, 5.74) is 0.378. The average molecular weight is 427 g/mol. The highest BCUT2D eigenvalue weighted by Crippen LogP contribution is 2.40. The third-order valence-corrected chi connectivity index (χ3v) is 5.88. The zero-order valence-electron chi connectivity index (χ0n) is 17.2. The first-order valence-electron chi connectivity index (χ1n) is 10.5. The number of esters is 1. The lowest BCUT2D eigenvalue weighted by molar-refractivity contribution is -0.187. The molecule has 6 nitrogen and oxygen atoms in total. The molecule has 1 amide bonds. The predicted molar refractivity (Wildman–Crippen MR) is 105 cm³/mol. The molecule has 0 aromatic carbocycles. The van der Waals surface area contributed by atoms with E-state index in [9.17, 15) is 22.8 Å². The van der Waals surface area contributed by atoms with Crippen LogP contribution in [0, 0.1) is 11.8 Å². The second-order valence-corrected chi connectivity index (χ2v) is 7.89. The van der Waals surface area contributed by atoms with Crippen LogP contribution < -0.4 is 4.90 Å². The van der Waals surface area contributed by atoms with Crippen molar-refractivity contribution in [2.45, 2.75) is 45.2 Å². The number of aromatic nitrogens is 1. The Hall–Kier alpha value is -2.32. The molecule has 9 heteroatoms. The summed E-state index contributed by atoms with van der Waals surface area (Å²) < 4.78 is 44.2. The summed E-state index contributed by atoms with van der Waals surface area (Å²) >= 11 is 0. The fraction of sp³-hybridized carbons (Fsp3) is 0.667. The van der Waals surface area contributed by atoms with Gasteiger partial charge in [0.2, 0.25) is 5.91 Å². The van der Waals surface area contributed by atoms with Gasteiger partial charge in [-0.25, -0.2) is 9.78 Å². The fourth-order valence-corrected chi connectivity index (χ4v) is 4.24. The normalized spacial score (nSPS) is 23.1. The van der Waals surface area contributed by atoms with E-state index in [-0.39, 0.29) is 18.7 Å². The van der Waals surface area contributed by atoms with E-state index in [1.54, 1.807) is 24.0 Å². The van der Waals surface area contributed by atoms with Crippen molar-refractivity contribution in [1.82, 2.24) is 9.88 Å². The number of ether oxygens (including phenoxy) is 1. The standard InChI is InChI=1S/C21H28F3N3O3/c1-2-30-20(29)16-7-8-18(25-14-16)26-9-4-10-27(12-11-26)19(28)15-5-3-6-17(13-15)21(22,23)24/h7-8,14-15,17H,2-6,9-13H2,1H3. The summed E-state index contributed by atoms with van der Waals surface area (Å²) in [5, 5.41) is 0. The molecule has 0 bridgehead atoms. The van der Waals surface area contributed by atoms with E-state index < -0.39 is 24.0 Å². The number of halogens is 3. The Bertz CT molecular complexity index is 739. The Morgan fingerprint density at radius 3 is 2.60 bits per heavy atom. The molecule has 0 N–H and O–H groups in total. The number of rotatable bonds is 4. The lowest BCUT2D eigenvalue weighted by atomic mass is 9.80. The highest BCUT2D eigenvalue weighted by atomic mass is 19.4. The zero-order valence-corrected chi connectivity index (χ0v) is 17.2. The number of nitrogens with zero attached hydrogens (tertiary/aromatic N) is 3. The first-order chi connectivity index (χ1) is 14.3. The van der Waals surface area contributed by atoms with Crippen molar-refractivity contribution in [3.8, 4) is 0 Å². The van der Waals surface area contributed by atoms with Crippen LogP contribution in [0.25, 0.3) is 0 Å². The van der Waals surface area contributed by atoms with Gasteiger partial charge < -0.3 is 14.5 Å². The summed E-state index contributed by atoms with van der Waals surface area (Å²) in [4.78, 5) is 32.7. The van der Waals surface area contributed by atoms with Crippen LogP contribution in [0.4, 0.5) is 19.0 Å². The van der Waals surface area contributed by atoms with Crippen LogP contribution in [0.5, 0.6) is 0 Å². The van der Waals surface area contributed by atoms with E-state index in [0.29, 0.717) is 63.4 Å². The van der Waals surface area contributed by atoms with Gasteiger partial charge in [-0.15, -0.1) is 0 Å². The molecule has 0 radical (unpaired) electrons. The van der Waals surface area contributed by atoms with Crippen LogP contribution in [0.1, 0.15) is 49.4 Å². The molecule has 166 valence electrons. The minimum absolute atomic E-state index is 0.0978. The van der Waals surface area contributed by atoms with E-state index in [4.69, 9.17) is 4.74 Å². The number of amides is 1. The van der Waals surface area contributed by atoms with Crippen LogP contribution in [0.15, 0.2) is 18.3 Å². The highest BCUT2D eigenvalue weighted by molar-refractivity contribution is 5.89. The molecular formula is C21H28F3N3O3. The lowest BCUT2D eigenvalue weighted by Gasteiger charge is -2.33. The Morgan fingerprint density at radius 1 is 1.13 bits per heavy atom. The molecule has 2 aliphatic rings. The van der Waals surface area contributed by atoms with Crippen LogP contribution in [0.2, 0.25) is 0 Å². The molecule has 30 heavy (non-hydrogen) atoms.